The van der Waals surface area contributed by atoms with Crippen LogP contribution in [-0.4, -0.2) is 51.2 Å². The Kier molecular flexibility index (Phi) is 6.04. The quantitative estimate of drug-likeness (QED) is 0.362. The summed E-state index contributed by atoms with van der Waals surface area (Å²) in [7, 11) is 0. The van der Waals surface area contributed by atoms with Crippen molar-refractivity contribution in [2.45, 2.75) is 83.2 Å². The largest absolute Gasteiger partial charge is 0.508 e. The summed E-state index contributed by atoms with van der Waals surface area (Å²) in [5.41, 5.74) is 2.79. The molecule has 3 aliphatic rings. The molecule has 3 unspecified atom stereocenters. The van der Waals surface area contributed by atoms with E-state index in [0.29, 0.717) is 22.4 Å². The van der Waals surface area contributed by atoms with E-state index in [9.17, 15) is 20.1 Å². The summed E-state index contributed by atoms with van der Waals surface area (Å²) in [6.45, 7) is 8.71. The number of carbonyl (C=O) groups is 1. The number of hydrogen-bond acceptors (Lipinski definition) is 6. The van der Waals surface area contributed by atoms with Crippen LogP contribution < -0.4 is 4.90 Å². The van der Waals surface area contributed by atoms with Gasteiger partial charge in [0.05, 0.1) is 29.1 Å². The number of nitrogens with zero attached hydrogens (tertiary/aromatic N) is 1. The molecule has 0 spiro atoms. The summed E-state index contributed by atoms with van der Waals surface area (Å²) in [6.07, 6.45) is 6.40. The summed E-state index contributed by atoms with van der Waals surface area (Å²) in [6, 6.07) is 7.61. The molecular formula is C29H35NO6. The lowest BCUT2D eigenvalue weighted by Gasteiger charge is -2.43. The van der Waals surface area contributed by atoms with Crippen LogP contribution in [-0.2, 0) is 15.9 Å². The molecule has 192 valence electrons. The minimum atomic E-state index is -0.282. The molecule has 0 aliphatic carbocycles. The number of phenols is 3. The van der Waals surface area contributed by atoms with Crippen LogP contribution in [0.2, 0.25) is 0 Å². The molecule has 3 aliphatic heterocycles. The van der Waals surface area contributed by atoms with Crippen molar-refractivity contribution < 1.29 is 29.6 Å². The van der Waals surface area contributed by atoms with Crippen molar-refractivity contribution in [3.05, 3.63) is 58.7 Å². The minimum absolute atomic E-state index is 0.0104. The van der Waals surface area contributed by atoms with Crippen molar-refractivity contribution >= 4 is 11.6 Å². The van der Waals surface area contributed by atoms with E-state index < -0.39 is 0 Å². The molecular weight excluding hydrogens is 458 g/mol. The maximum Gasteiger partial charge on any atom is 0.259 e. The molecule has 7 nitrogen and oxygen atoms in total. The average molecular weight is 494 g/mol. The summed E-state index contributed by atoms with van der Waals surface area (Å²) < 4.78 is 12.0. The van der Waals surface area contributed by atoms with Crippen molar-refractivity contribution in [3.8, 4) is 17.2 Å². The molecule has 5 rings (SSSR count). The van der Waals surface area contributed by atoms with E-state index in [4.69, 9.17) is 9.47 Å². The monoisotopic (exact) mass is 493 g/mol. The standard InChI is InChI=1S/C29H35NO6/c1-17(8-9-26-29(4,36-26)16-19-15-28(2,3)35-19)10-11-30-23-12-18(31)13-25(33)22(23)14-21-20(27(30)34)6-5-7-24(21)32/h5-7,10,12-13,19,26,31-33H,8-9,11,14-16H2,1-4H3/b17-10+. The van der Waals surface area contributed by atoms with Gasteiger partial charge in [-0.2, -0.15) is 0 Å². The molecule has 2 fully saturated rings. The summed E-state index contributed by atoms with van der Waals surface area (Å²) in [4.78, 5) is 15.1. The molecule has 2 aromatic rings. The van der Waals surface area contributed by atoms with Crippen molar-refractivity contribution in [2.24, 2.45) is 0 Å². The van der Waals surface area contributed by atoms with E-state index in [1.165, 1.54) is 18.2 Å². The highest BCUT2D eigenvalue weighted by Gasteiger charge is 2.55. The highest BCUT2D eigenvalue weighted by atomic mass is 16.6. The minimum Gasteiger partial charge on any atom is -0.508 e. The number of rotatable bonds is 7. The second-order valence-electron chi connectivity index (χ2n) is 11.3. The third-order valence-corrected chi connectivity index (χ3v) is 7.76. The van der Waals surface area contributed by atoms with Crippen LogP contribution >= 0.6 is 0 Å². The van der Waals surface area contributed by atoms with E-state index in [0.717, 1.165) is 31.3 Å². The van der Waals surface area contributed by atoms with Crippen molar-refractivity contribution in [1.82, 2.24) is 0 Å². The van der Waals surface area contributed by atoms with Gasteiger partial charge in [0.25, 0.3) is 5.91 Å². The number of benzene rings is 2. The first-order valence-corrected chi connectivity index (χ1v) is 12.6. The molecule has 1 amide bonds. The van der Waals surface area contributed by atoms with Gasteiger partial charge in [-0.05, 0) is 52.7 Å². The van der Waals surface area contributed by atoms with Crippen LogP contribution in [0.25, 0.3) is 0 Å². The zero-order chi connectivity index (χ0) is 25.8. The molecule has 0 saturated carbocycles. The lowest BCUT2D eigenvalue weighted by molar-refractivity contribution is -0.190. The number of aromatic hydroxyl groups is 3. The fourth-order valence-corrected chi connectivity index (χ4v) is 5.72. The zero-order valence-corrected chi connectivity index (χ0v) is 21.4. The Balaban J connectivity index is 1.28. The summed E-state index contributed by atoms with van der Waals surface area (Å²) in [5, 5.41) is 31.1. The number of anilines is 1. The number of carbonyl (C=O) groups excluding carboxylic acids is 1. The number of amides is 1. The second-order valence-corrected chi connectivity index (χ2v) is 11.3. The van der Waals surface area contributed by atoms with Gasteiger partial charge < -0.3 is 29.7 Å². The van der Waals surface area contributed by atoms with Crippen molar-refractivity contribution in [1.29, 1.82) is 0 Å². The van der Waals surface area contributed by atoms with Gasteiger partial charge in [-0.3, -0.25) is 4.79 Å². The normalized spacial score (nSPS) is 26.6. The predicted molar refractivity (Wildman–Crippen MR) is 137 cm³/mol. The number of phenolic OH excluding ortho intramolecular Hbond substituents is 3. The first-order valence-electron chi connectivity index (χ1n) is 12.6. The van der Waals surface area contributed by atoms with Gasteiger partial charge >= 0.3 is 0 Å². The number of fused-ring (bicyclic) bond motifs is 2. The van der Waals surface area contributed by atoms with Gasteiger partial charge in [-0.25, -0.2) is 0 Å². The van der Waals surface area contributed by atoms with Gasteiger partial charge in [0, 0.05) is 54.6 Å². The molecule has 3 atom stereocenters. The Hall–Kier alpha value is -3.03. The average Bonchev–Trinajstić information content (AvgIpc) is 3.44. The van der Waals surface area contributed by atoms with Gasteiger partial charge in [-0.15, -0.1) is 0 Å². The van der Waals surface area contributed by atoms with E-state index in [1.807, 2.05) is 13.0 Å². The topological polar surface area (TPSA) is 103 Å². The van der Waals surface area contributed by atoms with Crippen LogP contribution in [0.3, 0.4) is 0 Å². The highest BCUT2D eigenvalue weighted by molar-refractivity contribution is 6.09. The molecule has 3 heterocycles. The number of epoxide rings is 1. The van der Waals surface area contributed by atoms with Crippen LogP contribution in [0.1, 0.15) is 74.9 Å². The van der Waals surface area contributed by atoms with Crippen molar-refractivity contribution in [3.63, 3.8) is 0 Å². The van der Waals surface area contributed by atoms with Gasteiger partial charge in [0.2, 0.25) is 0 Å². The molecule has 2 saturated heterocycles. The second kappa shape index (κ2) is 8.82. The first-order chi connectivity index (χ1) is 17.0. The van der Waals surface area contributed by atoms with E-state index in [-0.39, 0.29) is 59.5 Å². The smallest absolute Gasteiger partial charge is 0.259 e. The Labute approximate surface area is 212 Å². The number of allylic oxidation sites excluding steroid dienone is 1. The Morgan fingerprint density at radius 1 is 1.11 bits per heavy atom. The lowest BCUT2D eigenvalue weighted by atomic mass is 9.86. The lowest BCUT2D eigenvalue weighted by Crippen LogP contribution is -2.47. The maximum absolute atomic E-state index is 13.5. The molecule has 2 aromatic carbocycles. The first kappa shape index (κ1) is 24.7. The van der Waals surface area contributed by atoms with E-state index >= 15 is 0 Å². The molecule has 36 heavy (non-hydrogen) atoms. The molecule has 7 heteroatoms. The molecule has 0 radical (unpaired) electrons. The van der Waals surface area contributed by atoms with Gasteiger partial charge in [0.1, 0.15) is 17.2 Å². The fraction of sp³-hybridized carbons (Fsp3) is 0.483. The molecule has 3 N–H and O–H groups in total. The highest BCUT2D eigenvalue weighted by Crippen LogP contribution is 2.48. The SMILES string of the molecule is C/C(=C\CN1C(=O)c2cccc(O)c2Cc2c(O)cc(O)cc21)CCC1OC1(C)CC1CC(C)(C)O1. The van der Waals surface area contributed by atoms with Crippen LogP contribution in [0.4, 0.5) is 5.69 Å². The summed E-state index contributed by atoms with van der Waals surface area (Å²) in [5.74, 6) is -0.501. The van der Waals surface area contributed by atoms with E-state index in [1.54, 1.807) is 17.0 Å². The number of ether oxygens (including phenoxy) is 2. The third-order valence-electron chi connectivity index (χ3n) is 7.76. The van der Waals surface area contributed by atoms with Gasteiger partial charge in [0.15, 0.2) is 0 Å². The summed E-state index contributed by atoms with van der Waals surface area (Å²) >= 11 is 0. The van der Waals surface area contributed by atoms with Gasteiger partial charge in [-0.1, -0.05) is 17.7 Å². The third kappa shape index (κ3) is 4.70. The van der Waals surface area contributed by atoms with Crippen molar-refractivity contribution in [2.75, 3.05) is 11.4 Å². The Morgan fingerprint density at radius 3 is 2.58 bits per heavy atom. The maximum atomic E-state index is 13.5. The van der Waals surface area contributed by atoms with Crippen LogP contribution in [0.15, 0.2) is 42.0 Å². The zero-order valence-electron chi connectivity index (χ0n) is 21.4. The van der Waals surface area contributed by atoms with Crippen LogP contribution in [0, 0.1) is 0 Å². The molecule has 0 aromatic heterocycles. The fourth-order valence-electron chi connectivity index (χ4n) is 5.72. The van der Waals surface area contributed by atoms with Crippen LogP contribution in [0.5, 0.6) is 17.2 Å². The van der Waals surface area contributed by atoms with E-state index in [2.05, 4.69) is 20.8 Å². The Morgan fingerprint density at radius 2 is 1.86 bits per heavy atom. The number of hydrogen-bond donors (Lipinski definition) is 3. The Bertz CT molecular complexity index is 1230. The molecule has 0 bridgehead atoms. The predicted octanol–water partition coefficient (Wildman–Crippen LogP) is 5.20.